The van der Waals surface area contributed by atoms with Crippen molar-refractivity contribution in [2.75, 3.05) is 6.61 Å². The number of carboxylic acids is 1. The molecule has 46 heavy (non-hydrogen) atoms. The van der Waals surface area contributed by atoms with Crippen LogP contribution in [0.25, 0.3) is 0 Å². The summed E-state index contributed by atoms with van der Waals surface area (Å²) in [7, 11) is 0. The maximum Gasteiger partial charge on any atom is 0.335 e. The van der Waals surface area contributed by atoms with Crippen LogP contribution in [0.2, 0.25) is 0 Å². The van der Waals surface area contributed by atoms with E-state index in [-0.39, 0.29) is 45.4 Å². The van der Waals surface area contributed by atoms with Crippen LogP contribution in [-0.4, -0.2) is 107 Å². The predicted octanol–water partition coefficient (Wildman–Crippen LogP) is -0.375. The van der Waals surface area contributed by atoms with Crippen LogP contribution >= 0.6 is 0 Å². The van der Waals surface area contributed by atoms with Gasteiger partial charge in [0.2, 0.25) is 12.1 Å². The van der Waals surface area contributed by atoms with Crippen molar-refractivity contribution in [3.8, 4) is 40.2 Å². The van der Waals surface area contributed by atoms with Gasteiger partial charge in [0.05, 0.1) is 6.61 Å². The molecule has 16 heteroatoms. The molecule has 0 aliphatic carbocycles. The average molecular weight is 645 g/mol. The number of ketones is 1. The van der Waals surface area contributed by atoms with Crippen LogP contribution in [0.1, 0.15) is 33.7 Å². The second-order valence-corrected chi connectivity index (χ2v) is 10.8. The Balaban J connectivity index is 1.24. The molecule has 3 aromatic carbocycles. The number of rotatable bonds is 6. The highest BCUT2D eigenvalue weighted by molar-refractivity contribution is 6.05. The Morgan fingerprint density at radius 1 is 0.761 bits per heavy atom. The van der Waals surface area contributed by atoms with Crippen molar-refractivity contribution in [1.82, 2.24) is 0 Å². The van der Waals surface area contributed by atoms with Crippen molar-refractivity contribution in [3.05, 3.63) is 65.2 Å². The number of hydrogen-bond donors (Lipinski definition) is 9. The van der Waals surface area contributed by atoms with E-state index < -0.39 is 85.0 Å². The van der Waals surface area contributed by atoms with Crippen molar-refractivity contribution in [2.24, 2.45) is 0 Å². The number of aliphatic hydroxyl groups is 5. The van der Waals surface area contributed by atoms with Gasteiger partial charge in [-0.1, -0.05) is 12.1 Å². The molecule has 3 aliphatic heterocycles. The maximum atomic E-state index is 12.9. The number of aromatic hydroxyl groups is 3. The minimum absolute atomic E-state index is 0.116. The molecule has 9 unspecified atom stereocenters. The zero-order chi connectivity index (χ0) is 33.0. The third-order valence-corrected chi connectivity index (χ3v) is 7.84. The van der Waals surface area contributed by atoms with Crippen LogP contribution in [0.15, 0.2) is 48.5 Å². The van der Waals surface area contributed by atoms with E-state index in [1.54, 1.807) is 0 Å². The molecule has 0 saturated carbocycles. The summed E-state index contributed by atoms with van der Waals surface area (Å²) in [4.78, 5) is 24.2. The lowest BCUT2D eigenvalue weighted by Crippen LogP contribution is -2.61. The van der Waals surface area contributed by atoms with Gasteiger partial charge >= 0.3 is 5.97 Å². The van der Waals surface area contributed by atoms with Gasteiger partial charge in [0.15, 0.2) is 53.5 Å². The molecule has 1 fully saturated rings. The van der Waals surface area contributed by atoms with E-state index in [4.69, 9.17) is 23.7 Å². The molecular formula is C30H28O16. The normalized spacial score (nSPS) is 30.2. The number of aliphatic carboxylic acids is 1. The number of phenols is 3. The second-order valence-electron chi connectivity index (χ2n) is 10.8. The molecule has 3 aliphatic rings. The smallest absolute Gasteiger partial charge is 0.335 e. The van der Waals surface area contributed by atoms with Crippen molar-refractivity contribution in [3.63, 3.8) is 0 Å². The van der Waals surface area contributed by atoms with Gasteiger partial charge in [-0.05, 0) is 29.8 Å². The molecule has 0 aromatic heterocycles. The molecule has 1 saturated heterocycles. The van der Waals surface area contributed by atoms with Gasteiger partial charge in [-0.15, -0.1) is 0 Å². The summed E-state index contributed by atoms with van der Waals surface area (Å²) >= 11 is 0. The van der Waals surface area contributed by atoms with E-state index in [0.717, 1.165) is 12.1 Å². The lowest BCUT2D eigenvalue weighted by molar-refractivity contribution is -0.271. The first kappa shape index (κ1) is 31.2. The van der Waals surface area contributed by atoms with Gasteiger partial charge in [-0.3, -0.25) is 4.79 Å². The van der Waals surface area contributed by atoms with E-state index in [0.29, 0.717) is 0 Å². The highest BCUT2D eigenvalue weighted by Crippen LogP contribution is 2.46. The topological polar surface area (TPSA) is 262 Å². The predicted molar refractivity (Wildman–Crippen MR) is 148 cm³/mol. The molecule has 0 amide bonds. The van der Waals surface area contributed by atoms with Gasteiger partial charge < -0.3 is 69.6 Å². The molecule has 0 bridgehead atoms. The second kappa shape index (κ2) is 11.8. The summed E-state index contributed by atoms with van der Waals surface area (Å²) in [6.07, 6.45) is -14.4. The van der Waals surface area contributed by atoms with Crippen molar-refractivity contribution < 1.29 is 79.2 Å². The minimum atomic E-state index is -1.93. The third kappa shape index (κ3) is 5.36. The molecule has 244 valence electrons. The van der Waals surface area contributed by atoms with Crippen LogP contribution in [0.4, 0.5) is 0 Å². The van der Waals surface area contributed by atoms with Gasteiger partial charge in [-0.25, -0.2) is 4.79 Å². The Hall–Kier alpha value is -4.84. The minimum Gasteiger partial charge on any atom is -0.508 e. The van der Waals surface area contributed by atoms with Crippen LogP contribution in [0, 0.1) is 0 Å². The van der Waals surface area contributed by atoms with Crippen molar-refractivity contribution in [1.29, 1.82) is 0 Å². The number of carbonyl (C=O) groups is 2. The fourth-order valence-corrected chi connectivity index (χ4v) is 5.49. The summed E-state index contributed by atoms with van der Waals surface area (Å²) < 4.78 is 28.3. The first-order valence-corrected chi connectivity index (χ1v) is 13.8. The molecule has 6 rings (SSSR count). The fraction of sp³-hybridized carbons (Fsp3) is 0.333. The van der Waals surface area contributed by atoms with Gasteiger partial charge in [0.25, 0.3) is 0 Å². The van der Waals surface area contributed by atoms with Crippen molar-refractivity contribution >= 4 is 11.8 Å². The molecule has 16 nitrogen and oxygen atoms in total. The van der Waals surface area contributed by atoms with E-state index in [2.05, 4.69) is 0 Å². The van der Waals surface area contributed by atoms with E-state index in [1.165, 1.54) is 36.4 Å². The van der Waals surface area contributed by atoms with Gasteiger partial charge in [0, 0.05) is 17.7 Å². The van der Waals surface area contributed by atoms with Crippen LogP contribution < -0.4 is 18.9 Å². The Labute approximate surface area is 258 Å². The number of carboxylic acid groups (broad SMARTS) is 1. The SMILES string of the molecule is O=C1c2c(O)cc(O)cc2OC(c2ccc3c(c2)OC(c2ccc(OC4OC(C(=O)O)C(O)C(O)C4O)c(O)c2)C(CO)O3)C1O. The van der Waals surface area contributed by atoms with E-state index in [1.807, 2.05) is 0 Å². The number of aliphatic hydroxyl groups excluding tert-OH is 5. The zero-order valence-electron chi connectivity index (χ0n) is 23.4. The van der Waals surface area contributed by atoms with Crippen LogP contribution in [0.5, 0.6) is 40.2 Å². The zero-order valence-corrected chi connectivity index (χ0v) is 23.4. The number of hydrogen-bond acceptors (Lipinski definition) is 15. The standard InChI is InChI=1S/C30H28O16/c31-9-19-26(10-1-3-15(13(33)5-10)45-30-25(39)22(36)24(38)28(46-30)29(40)41)43-17-6-11(2-4-16(17)42-19)27-23(37)21(35)20-14(34)7-12(32)8-18(20)44-27/h1-8,19,22-28,30-34,36-39H,9H2,(H,40,41). The number of Topliss-reactive ketones (excluding diaryl/α,β-unsaturated/α-hetero) is 1. The van der Waals surface area contributed by atoms with E-state index >= 15 is 0 Å². The van der Waals surface area contributed by atoms with Gasteiger partial charge in [0.1, 0.15) is 41.1 Å². The summed E-state index contributed by atoms with van der Waals surface area (Å²) in [6.45, 7) is -0.521. The Morgan fingerprint density at radius 3 is 2.15 bits per heavy atom. The quantitative estimate of drug-likeness (QED) is 0.166. The summed E-state index contributed by atoms with van der Waals surface area (Å²) in [5.41, 5.74) is 0.257. The van der Waals surface area contributed by atoms with E-state index in [9.17, 15) is 55.5 Å². The third-order valence-electron chi connectivity index (χ3n) is 7.84. The highest BCUT2D eigenvalue weighted by Gasteiger charge is 2.48. The van der Waals surface area contributed by atoms with Crippen LogP contribution in [0.3, 0.4) is 0 Å². The molecular weight excluding hydrogens is 616 g/mol. The fourth-order valence-electron chi connectivity index (χ4n) is 5.49. The Bertz CT molecular complexity index is 1670. The lowest BCUT2D eigenvalue weighted by atomic mass is 9.92. The number of fused-ring (bicyclic) bond motifs is 2. The molecule has 9 N–H and O–H groups in total. The monoisotopic (exact) mass is 644 g/mol. The molecule has 0 spiro atoms. The number of benzene rings is 3. The molecule has 3 heterocycles. The molecule has 0 radical (unpaired) electrons. The summed E-state index contributed by atoms with van der Waals surface area (Å²) in [5.74, 6) is -3.99. The Kier molecular flexibility index (Phi) is 8.01. The molecule has 3 aromatic rings. The first-order valence-electron chi connectivity index (χ1n) is 13.8. The maximum absolute atomic E-state index is 12.9. The van der Waals surface area contributed by atoms with Crippen molar-refractivity contribution in [2.45, 2.75) is 55.1 Å². The largest absolute Gasteiger partial charge is 0.508 e. The first-order chi connectivity index (χ1) is 21.9. The molecule has 9 atom stereocenters. The average Bonchev–Trinajstić information content (AvgIpc) is 3.02. The van der Waals surface area contributed by atoms with Gasteiger partial charge in [-0.2, -0.15) is 0 Å². The number of ether oxygens (including phenoxy) is 5. The van der Waals surface area contributed by atoms with Crippen LogP contribution in [-0.2, 0) is 9.53 Å². The Morgan fingerprint density at radius 2 is 1.46 bits per heavy atom. The lowest BCUT2D eigenvalue weighted by Gasteiger charge is -2.38. The number of carbonyl (C=O) groups excluding carboxylic acids is 1. The summed E-state index contributed by atoms with van der Waals surface area (Å²) in [6, 6.07) is 10.3. The highest BCUT2D eigenvalue weighted by atomic mass is 16.7. The number of phenolic OH excluding ortho intramolecular Hbond substituents is 3. The summed E-state index contributed by atoms with van der Waals surface area (Å²) in [5, 5.41) is 90.8.